The summed E-state index contributed by atoms with van der Waals surface area (Å²) in [5, 5.41) is 5.94. The van der Waals surface area contributed by atoms with E-state index in [1.54, 1.807) is 30.1 Å². The predicted molar refractivity (Wildman–Crippen MR) is 131 cm³/mol. The van der Waals surface area contributed by atoms with Crippen molar-refractivity contribution in [2.45, 2.75) is 70.1 Å². The van der Waals surface area contributed by atoms with Crippen molar-refractivity contribution in [1.29, 1.82) is 0 Å². The first-order chi connectivity index (χ1) is 16.6. The zero-order valence-electron chi connectivity index (χ0n) is 21.1. The third kappa shape index (κ3) is 5.16. The Morgan fingerprint density at radius 3 is 2.26 bits per heavy atom. The summed E-state index contributed by atoms with van der Waals surface area (Å²) in [5.41, 5.74) is 1.09. The predicted octanol–water partition coefficient (Wildman–Crippen LogP) is 2.67. The summed E-state index contributed by atoms with van der Waals surface area (Å²) in [7, 11) is 3.36. The maximum atomic E-state index is 13.1. The van der Waals surface area contributed by atoms with Gasteiger partial charge in [0, 0.05) is 23.7 Å². The van der Waals surface area contributed by atoms with Gasteiger partial charge in [0.1, 0.15) is 18.2 Å². The fourth-order valence-electron chi connectivity index (χ4n) is 4.82. The van der Waals surface area contributed by atoms with Gasteiger partial charge in [0.25, 0.3) is 11.8 Å². The Morgan fingerprint density at radius 1 is 1.06 bits per heavy atom. The van der Waals surface area contributed by atoms with Crippen molar-refractivity contribution in [3.8, 4) is 5.75 Å². The number of aromatic nitrogens is 1. The highest BCUT2D eigenvalue weighted by atomic mass is 16.5. The molecule has 2 heterocycles. The van der Waals surface area contributed by atoms with Gasteiger partial charge < -0.3 is 20.3 Å². The van der Waals surface area contributed by atoms with Crippen LogP contribution in [0.4, 0.5) is 0 Å². The Balaban J connectivity index is 1.38. The summed E-state index contributed by atoms with van der Waals surface area (Å²) >= 11 is 0. The molecule has 1 aliphatic heterocycles. The Morgan fingerprint density at radius 2 is 1.69 bits per heavy atom. The maximum Gasteiger partial charge on any atom is 0.258 e. The van der Waals surface area contributed by atoms with Gasteiger partial charge in [-0.1, -0.05) is 12.1 Å². The highest BCUT2D eigenvalue weighted by molar-refractivity contribution is 6.00. The van der Waals surface area contributed by atoms with Gasteiger partial charge in [-0.15, -0.1) is 0 Å². The summed E-state index contributed by atoms with van der Waals surface area (Å²) in [5.74, 6) is 0.105. The molecule has 3 atom stereocenters. The van der Waals surface area contributed by atoms with E-state index >= 15 is 0 Å². The SMILES string of the molecule is COc1cc(C(=O)NC2(C(=O)N[C@H](C)c3ccc(C(=O)N4C(C)CCC4C)cc3)CC2)c[n+](C)c1. The van der Waals surface area contributed by atoms with Crippen molar-refractivity contribution in [3.63, 3.8) is 0 Å². The Hall–Kier alpha value is -3.42. The zero-order valence-corrected chi connectivity index (χ0v) is 21.1. The molecule has 1 aromatic carbocycles. The lowest BCUT2D eigenvalue weighted by Gasteiger charge is -2.26. The van der Waals surface area contributed by atoms with Crippen LogP contribution in [-0.4, -0.2) is 47.4 Å². The van der Waals surface area contributed by atoms with Gasteiger partial charge in [0.05, 0.1) is 13.2 Å². The zero-order chi connectivity index (χ0) is 25.3. The normalized spacial score (nSPS) is 21.2. The van der Waals surface area contributed by atoms with Crippen LogP contribution in [0.1, 0.15) is 78.8 Å². The molecule has 2 N–H and O–H groups in total. The fourth-order valence-corrected chi connectivity index (χ4v) is 4.82. The molecule has 1 aliphatic carbocycles. The number of nitrogens with one attached hydrogen (secondary N) is 2. The van der Waals surface area contributed by atoms with Gasteiger partial charge in [-0.05, 0) is 64.2 Å². The van der Waals surface area contributed by atoms with Crippen molar-refractivity contribution in [2.75, 3.05) is 7.11 Å². The lowest BCUT2D eigenvalue weighted by molar-refractivity contribution is -0.671. The molecule has 0 bridgehead atoms. The molecule has 3 amide bonds. The van der Waals surface area contributed by atoms with Gasteiger partial charge in [-0.25, -0.2) is 4.57 Å². The summed E-state index contributed by atoms with van der Waals surface area (Å²) in [4.78, 5) is 40.8. The Bertz CT molecular complexity index is 1120. The Labute approximate surface area is 206 Å². The topological polar surface area (TPSA) is 91.6 Å². The summed E-state index contributed by atoms with van der Waals surface area (Å²) in [6.07, 6.45) is 6.70. The van der Waals surface area contributed by atoms with E-state index in [9.17, 15) is 14.4 Å². The number of hydrogen-bond acceptors (Lipinski definition) is 4. The van der Waals surface area contributed by atoms with E-state index in [4.69, 9.17) is 4.74 Å². The molecule has 0 spiro atoms. The number of hydrogen-bond donors (Lipinski definition) is 2. The average Bonchev–Trinajstić information content (AvgIpc) is 3.55. The van der Waals surface area contributed by atoms with E-state index in [1.165, 1.54) is 0 Å². The van der Waals surface area contributed by atoms with Crippen LogP contribution in [0.15, 0.2) is 42.7 Å². The number of rotatable bonds is 7. The molecule has 35 heavy (non-hydrogen) atoms. The van der Waals surface area contributed by atoms with Crippen LogP contribution < -0.4 is 19.9 Å². The van der Waals surface area contributed by atoms with Crippen molar-refractivity contribution in [1.82, 2.24) is 15.5 Å². The number of methoxy groups -OCH3 is 1. The molecule has 0 radical (unpaired) electrons. The number of ether oxygens (including phenoxy) is 1. The van der Waals surface area contributed by atoms with Crippen LogP contribution in [0.2, 0.25) is 0 Å². The van der Waals surface area contributed by atoms with Gasteiger partial charge >= 0.3 is 0 Å². The van der Waals surface area contributed by atoms with Crippen molar-refractivity contribution in [2.24, 2.45) is 7.05 Å². The number of benzene rings is 1. The molecule has 2 aliphatic rings. The lowest BCUT2D eigenvalue weighted by atomic mass is 10.0. The first-order valence-electron chi connectivity index (χ1n) is 12.2. The second-order valence-corrected chi connectivity index (χ2v) is 9.97. The monoisotopic (exact) mass is 479 g/mol. The smallest absolute Gasteiger partial charge is 0.258 e. The number of aryl methyl sites for hydroxylation is 1. The number of carbonyl (C=O) groups excluding carboxylic acids is 3. The third-order valence-electron chi connectivity index (χ3n) is 7.20. The molecule has 8 heteroatoms. The minimum absolute atomic E-state index is 0.0522. The minimum atomic E-state index is -0.898. The molecule has 2 unspecified atom stereocenters. The van der Waals surface area contributed by atoms with Crippen LogP contribution in [-0.2, 0) is 11.8 Å². The van der Waals surface area contributed by atoms with E-state index in [1.807, 2.05) is 43.1 Å². The number of amides is 3. The quantitative estimate of drug-likeness (QED) is 0.598. The molecule has 186 valence electrons. The molecular formula is C27H35N4O4+. The van der Waals surface area contributed by atoms with E-state index < -0.39 is 5.54 Å². The largest absolute Gasteiger partial charge is 0.491 e. The minimum Gasteiger partial charge on any atom is -0.491 e. The molecular weight excluding hydrogens is 444 g/mol. The molecule has 8 nitrogen and oxygen atoms in total. The number of carbonyl (C=O) groups is 3. The van der Waals surface area contributed by atoms with Crippen LogP contribution >= 0.6 is 0 Å². The van der Waals surface area contributed by atoms with Crippen LogP contribution in [0.25, 0.3) is 0 Å². The first-order valence-corrected chi connectivity index (χ1v) is 12.2. The maximum absolute atomic E-state index is 13.1. The summed E-state index contributed by atoms with van der Waals surface area (Å²) in [6, 6.07) is 9.32. The molecule has 2 fully saturated rings. The number of nitrogens with zero attached hydrogens (tertiary/aromatic N) is 2. The second-order valence-electron chi connectivity index (χ2n) is 9.97. The summed E-state index contributed by atoms with van der Waals surface area (Å²) < 4.78 is 6.98. The molecule has 1 aromatic heterocycles. The van der Waals surface area contributed by atoms with Crippen LogP contribution in [0, 0.1) is 0 Å². The Kier molecular flexibility index (Phi) is 6.83. The molecule has 2 aromatic rings. The lowest BCUT2D eigenvalue weighted by Crippen LogP contribution is -2.49. The molecule has 1 saturated carbocycles. The second kappa shape index (κ2) is 9.68. The molecule has 1 saturated heterocycles. The highest BCUT2D eigenvalue weighted by Crippen LogP contribution is 2.36. The first kappa shape index (κ1) is 24.7. The number of likely N-dealkylation sites (tertiary alicyclic amines) is 1. The summed E-state index contributed by atoms with van der Waals surface area (Å²) in [6.45, 7) is 6.08. The van der Waals surface area contributed by atoms with E-state index in [0.29, 0.717) is 29.7 Å². The van der Waals surface area contributed by atoms with Crippen molar-refractivity contribution < 1.29 is 23.7 Å². The average molecular weight is 480 g/mol. The highest BCUT2D eigenvalue weighted by Gasteiger charge is 2.51. The van der Waals surface area contributed by atoms with Crippen molar-refractivity contribution in [3.05, 3.63) is 59.4 Å². The van der Waals surface area contributed by atoms with E-state index in [2.05, 4.69) is 24.5 Å². The van der Waals surface area contributed by atoms with Crippen LogP contribution in [0.3, 0.4) is 0 Å². The van der Waals surface area contributed by atoms with Gasteiger partial charge in [0.2, 0.25) is 12.1 Å². The van der Waals surface area contributed by atoms with Gasteiger partial charge in [0.15, 0.2) is 11.9 Å². The van der Waals surface area contributed by atoms with Gasteiger partial charge in [-0.3, -0.25) is 14.4 Å². The fraction of sp³-hybridized carbons (Fsp3) is 0.481. The van der Waals surface area contributed by atoms with E-state index in [-0.39, 0.29) is 35.8 Å². The third-order valence-corrected chi connectivity index (χ3v) is 7.20. The van der Waals surface area contributed by atoms with Crippen LogP contribution in [0.5, 0.6) is 5.75 Å². The molecule has 4 rings (SSSR count). The standard InChI is InChI=1S/C27H34N4O4/c1-17-6-7-18(2)31(17)25(33)21-10-8-20(9-11-21)19(3)28-26(34)27(12-13-27)29-24(32)22-14-23(35-5)16-30(4)15-22/h8-11,14-19H,6-7,12-13H2,1-5H3,(H-,28,29,32,34)/p+1/t17?,18?,19-/m1/s1. The number of pyridine rings is 1. The van der Waals surface area contributed by atoms with E-state index in [0.717, 1.165) is 18.4 Å². The van der Waals surface area contributed by atoms with Crippen molar-refractivity contribution >= 4 is 17.7 Å². The van der Waals surface area contributed by atoms with Gasteiger partial charge in [-0.2, -0.15) is 0 Å².